The summed E-state index contributed by atoms with van der Waals surface area (Å²) in [5.74, 6) is 1.33. The maximum atomic E-state index is 12.2. The van der Waals surface area contributed by atoms with Gasteiger partial charge in [-0.1, -0.05) is 61.5 Å². The molecule has 0 aliphatic heterocycles. The van der Waals surface area contributed by atoms with E-state index in [1.165, 1.54) is 11.8 Å². The van der Waals surface area contributed by atoms with Crippen molar-refractivity contribution in [2.24, 2.45) is 5.92 Å². The van der Waals surface area contributed by atoms with E-state index in [0.29, 0.717) is 28.5 Å². The highest BCUT2D eigenvalue weighted by atomic mass is 35.5. The predicted octanol–water partition coefficient (Wildman–Crippen LogP) is 5.07. The van der Waals surface area contributed by atoms with Gasteiger partial charge >= 0.3 is 0 Å². The molecular formula is C22H25ClN4OS. The smallest absolute Gasteiger partial charge is 0.230 e. The fourth-order valence-corrected chi connectivity index (χ4v) is 3.85. The van der Waals surface area contributed by atoms with E-state index in [-0.39, 0.29) is 11.7 Å². The maximum absolute atomic E-state index is 12.2. The lowest BCUT2D eigenvalue weighted by Crippen LogP contribution is -2.28. The highest BCUT2D eigenvalue weighted by molar-refractivity contribution is 7.99. The van der Waals surface area contributed by atoms with Crippen molar-refractivity contribution in [3.63, 3.8) is 0 Å². The lowest BCUT2D eigenvalue weighted by molar-refractivity contribution is -0.118. The van der Waals surface area contributed by atoms with Crippen LogP contribution in [0.2, 0.25) is 5.02 Å². The van der Waals surface area contributed by atoms with Crippen LogP contribution in [0.5, 0.6) is 0 Å². The minimum atomic E-state index is -0.0153. The number of rotatable bonds is 7. The van der Waals surface area contributed by atoms with Crippen molar-refractivity contribution in [2.45, 2.75) is 32.9 Å². The lowest BCUT2D eigenvalue weighted by atomic mass is 10.1. The van der Waals surface area contributed by atoms with Crippen LogP contribution >= 0.6 is 23.4 Å². The molecule has 0 unspecified atom stereocenters. The Morgan fingerprint density at radius 2 is 1.93 bits per heavy atom. The largest absolute Gasteiger partial charge is 0.355 e. The van der Waals surface area contributed by atoms with E-state index in [2.05, 4.69) is 61.4 Å². The molecule has 0 radical (unpaired) electrons. The second-order valence-corrected chi connectivity index (χ2v) is 8.75. The van der Waals surface area contributed by atoms with Gasteiger partial charge in [-0.05, 0) is 49.1 Å². The molecule has 1 aromatic heterocycles. The van der Waals surface area contributed by atoms with Crippen molar-refractivity contribution < 1.29 is 4.79 Å². The molecule has 1 amide bonds. The molecule has 0 saturated carbocycles. The zero-order valence-electron chi connectivity index (χ0n) is 17.1. The molecule has 7 heteroatoms. The van der Waals surface area contributed by atoms with Crippen LogP contribution in [0.4, 0.5) is 0 Å². The molecule has 1 N–H and O–H groups in total. The predicted molar refractivity (Wildman–Crippen MR) is 120 cm³/mol. The number of aryl methyl sites for hydroxylation is 2. The third kappa shape index (κ3) is 5.19. The summed E-state index contributed by atoms with van der Waals surface area (Å²) in [6.45, 7) is 8.90. The first-order valence-electron chi connectivity index (χ1n) is 9.54. The van der Waals surface area contributed by atoms with Crippen LogP contribution in [0.25, 0.3) is 17.1 Å². The Kier molecular flexibility index (Phi) is 6.98. The van der Waals surface area contributed by atoms with Gasteiger partial charge in [-0.3, -0.25) is 9.36 Å². The Bertz CT molecular complexity index is 1020. The summed E-state index contributed by atoms with van der Waals surface area (Å²) >= 11 is 7.82. The highest BCUT2D eigenvalue weighted by Gasteiger charge is 2.20. The van der Waals surface area contributed by atoms with Gasteiger partial charge < -0.3 is 5.32 Å². The quantitative estimate of drug-likeness (QED) is 0.534. The van der Waals surface area contributed by atoms with E-state index in [9.17, 15) is 4.79 Å². The van der Waals surface area contributed by atoms with Gasteiger partial charge in [-0.15, -0.1) is 10.2 Å². The average molecular weight is 429 g/mol. The number of amides is 1. The minimum Gasteiger partial charge on any atom is -0.355 e. The standard InChI is InChI=1S/C22H25ClN4OS/c1-14(2)12-24-20(28)13-29-22-26-25-21(17-7-5-6-8-18(17)23)27(22)19-11-15(3)9-10-16(19)4/h5-11,14H,12-13H2,1-4H3,(H,24,28). The first kappa shape index (κ1) is 21.4. The van der Waals surface area contributed by atoms with Crippen molar-refractivity contribution in [1.29, 1.82) is 0 Å². The Balaban J connectivity index is 2.00. The van der Waals surface area contributed by atoms with Crippen LogP contribution in [0, 0.1) is 19.8 Å². The molecule has 0 aliphatic carbocycles. The molecule has 0 atom stereocenters. The zero-order chi connectivity index (χ0) is 21.0. The van der Waals surface area contributed by atoms with E-state index in [1.807, 2.05) is 28.8 Å². The number of hydrogen-bond acceptors (Lipinski definition) is 4. The fraction of sp³-hybridized carbons (Fsp3) is 0.318. The fourth-order valence-electron chi connectivity index (χ4n) is 2.86. The van der Waals surface area contributed by atoms with Crippen LogP contribution < -0.4 is 5.32 Å². The second-order valence-electron chi connectivity index (χ2n) is 7.40. The normalized spacial score (nSPS) is 11.1. The number of carbonyl (C=O) groups is 1. The van der Waals surface area contributed by atoms with E-state index < -0.39 is 0 Å². The van der Waals surface area contributed by atoms with Crippen molar-refractivity contribution >= 4 is 29.3 Å². The van der Waals surface area contributed by atoms with Crippen molar-refractivity contribution in [1.82, 2.24) is 20.1 Å². The van der Waals surface area contributed by atoms with Crippen molar-refractivity contribution in [3.05, 3.63) is 58.6 Å². The number of thioether (sulfide) groups is 1. The summed E-state index contributed by atoms with van der Waals surface area (Å²) in [6.07, 6.45) is 0. The van der Waals surface area contributed by atoms with Gasteiger partial charge in [0.25, 0.3) is 0 Å². The molecule has 29 heavy (non-hydrogen) atoms. The van der Waals surface area contributed by atoms with Crippen LogP contribution in [-0.4, -0.2) is 33.0 Å². The number of nitrogens with one attached hydrogen (secondary N) is 1. The molecule has 152 valence electrons. The first-order valence-corrected chi connectivity index (χ1v) is 10.9. The van der Waals surface area contributed by atoms with E-state index in [1.54, 1.807) is 0 Å². The van der Waals surface area contributed by atoms with Gasteiger partial charge in [0.05, 0.1) is 16.5 Å². The molecule has 1 heterocycles. The van der Waals surface area contributed by atoms with Crippen LogP contribution in [0.15, 0.2) is 47.6 Å². The molecule has 0 fully saturated rings. The second kappa shape index (κ2) is 9.46. The van der Waals surface area contributed by atoms with Crippen LogP contribution in [0.1, 0.15) is 25.0 Å². The lowest BCUT2D eigenvalue weighted by Gasteiger charge is -2.14. The molecule has 0 saturated heterocycles. The Labute approximate surface area is 180 Å². The zero-order valence-corrected chi connectivity index (χ0v) is 18.6. The molecule has 2 aromatic carbocycles. The summed E-state index contributed by atoms with van der Waals surface area (Å²) in [6, 6.07) is 13.8. The third-order valence-electron chi connectivity index (χ3n) is 4.39. The molecule has 0 aliphatic rings. The van der Waals surface area contributed by atoms with Gasteiger partial charge in [0.2, 0.25) is 5.91 Å². The van der Waals surface area contributed by atoms with Crippen molar-refractivity contribution in [2.75, 3.05) is 12.3 Å². The van der Waals surface area contributed by atoms with Crippen LogP contribution in [-0.2, 0) is 4.79 Å². The van der Waals surface area contributed by atoms with Crippen LogP contribution in [0.3, 0.4) is 0 Å². The monoisotopic (exact) mass is 428 g/mol. The number of hydrogen-bond donors (Lipinski definition) is 1. The SMILES string of the molecule is Cc1ccc(C)c(-n2c(SCC(=O)NCC(C)C)nnc2-c2ccccc2Cl)c1. The summed E-state index contributed by atoms with van der Waals surface area (Å²) in [5, 5.41) is 13.0. The summed E-state index contributed by atoms with van der Waals surface area (Å²) in [5.41, 5.74) is 4.01. The summed E-state index contributed by atoms with van der Waals surface area (Å²) < 4.78 is 1.99. The van der Waals surface area contributed by atoms with Gasteiger partial charge in [-0.2, -0.15) is 0 Å². The third-order valence-corrected chi connectivity index (χ3v) is 5.65. The summed E-state index contributed by atoms with van der Waals surface area (Å²) in [4.78, 5) is 12.2. The molecule has 3 aromatic rings. The van der Waals surface area contributed by atoms with Gasteiger partial charge in [0, 0.05) is 12.1 Å². The number of nitrogens with zero attached hydrogens (tertiary/aromatic N) is 3. The van der Waals surface area contributed by atoms with E-state index >= 15 is 0 Å². The summed E-state index contributed by atoms with van der Waals surface area (Å²) in [7, 11) is 0. The van der Waals surface area contributed by atoms with Gasteiger partial charge in [0.1, 0.15) is 0 Å². The van der Waals surface area contributed by atoms with Gasteiger partial charge in [-0.25, -0.2) is 0 Å². The van der Waals surface area contributed by atoms with Gasteiger partial charge in [0.15, 0.2) is 11.0 Å². The molecular weight excluding hydrogens is 404 g/mol. The number of carbonyl (C=O) groups excluding carboxylic acids is 1. The Morgan fingerprint density at radius 1 is 1.17 bits per heavy atom. The first-order chi connectivity index (χ1) is 13.9. The van der Waals surface area contributed by atoms with E-state index in [0.717, 1.165) is 22.4 Å². The molecule has 3 rings (SSSR count). The average Bonchev–Trinajstić information content (AvgIpc) is 3.10. The van der Waals surface area contributed by atoms with Crippen molar-refractivity contribution in [3.8, 4) is 17.1 Å². The highest BCUT2D eigenvalue weighted by Crippen LogP contribution is 2.33. The number of aromatic nitrogens is 3. The number of benzene rings is 2. The van der Waals surface area contributed by atoms with E-state index in [4.69, 9.17) is 11.6 Å². The Hall–Kier alpha value is -2.31. The maximum Gasteiger partial charge on any atom is 0.230 e. The number of halogens is 1. The minimum absolute atomic E-state index is 0.0153. The molecule has 0 bridgehead atoms. The molecule has 0 spiro atoms. The Morgan fingerprint density at radius 3 is 2.66 bits per heavy atom. The molecule has 5 nitrogen and oxygen atoms in total. The topological polar surface area (TPSA) is 59.8 Å².